The molecule has 0 bridgehead atoms. The minimum atomic E-state index is -0.238. The number of hydrogen-bond donors (Lipinski definition) is 1. The van der Waals surface area contributed by atoms with Crippen LogP contribution in [0.2, 0.25) is 0 Å². The van der Waals surface area contributed by atoms with Gasteiger partial charge in [-0.3, -0.25) is 4.79 Å². The van der Waals surface area contributed by atoms with E-state index in [9.17, 15) is 4.79 Å². The summed E-state index contributed by atoms with van der Waals surface area (Å²) < 4.78 is 10.6. The average molecular weight is 359 g/mol. The van der Waals surface area contributed by atoms with Crippen molar-refractivity contribution in [1.29, 1.82) is 0 Å². The molecule has 5 heteroatoms. The molecular weight excluding hydrogens is 334 g/mol. The second-order valence-corrected chi connectivity index (χ2v) is 7.45. The van der Waals surface area contributed by atoms with Gasteiger partial charge in [0, 0.05) is 10.6 Å². The molecule has 0 spiro atoms. The van der Waals surface area contributed by atoms with E-state index in [-0.39, 0.29) is 11.2 Å². The van der Waals surface area contributed by atoms with Gasteiger partial charge in [0.25, 0.3) is 0 Å². The van der Waals surface area contributed by atoms with Gasteiger partial charge in [-0.15, -0.1) is 11.8 Å². The first-order valence-corrected chi connectivity index (χ1v) is 9.01. The van der Waals surface area contributed by atoms with E-state index in [0.29, 0.717) is 11.5 Å². The highest BCUT2D eigenvalue weighted by Crippen LogP contribution is 2.34. The molecule has 0 aliphatic carbocycles. The van der Waals surface area contributed by atoms with Gasteiger partial charge in [-0.25, -0.2) is 0 Å². The summed E-state index contributed by atoms with van der Waals surface area (Å²) in [6.45, 7) is 7.99. The lowest BCUT2D eigenvalue weighted by molar-refractivity contribution is -0.115. The molecule has 4 nitrogen and oxygen atoms in total. The number of anilines is 1. The predicted octanol–water partition coefficient (Wildman–Crippen LogP) is 4.75. The third-order valence-corrected chi connectivity index (χ3v) is 5.06. The Morgan fingerprint density at radius 2 is 1.60 bits per heavy atom. The Kier molecular flexibility index (Phi) is 6.37. The van der Waals surface area contributed by atoms with E-state index in [1.54, 1.807) is 14.2 Å². The summed E-state index contributed by atoms with van der Waals surface area (Å²) in [6, 6.07) is 9.82. The molecule has 0 heterocycles. The lowest BCUT2D eigenvalue weighted by atomic mass is 10.1. The van der Waals surface area contributed by atoms with Crippen LogP contribution in [0.1, 0.15) is 23.6 Å². The molecular formula is C20H25NO3S. The topological polar surface area (TPSA) is 47.6 Å². The van der Waals surface area contributed by atoms with Crippen molar-refractivity contribution in [3.05, 3.63) is 47.0 Å². The number of amides is 1. The first-order chi connectivity index (χ1) is 11.8. The van der Waals surface area contributed by atoms with E-state index in [1.165, 1.54) is 17.3 Å². The van der Waals surface area contributed by atoms with Crippen LogP contribution < -0.4 is 14.8 Å². The third-order valence-electron chi connectivity index (χ3n) is 3.96. The third kappa shape index (κ3) is 4.69. The maximum absolute atomic E-state index is 12.6. The van der Waals surface area contributed by atoms with Crippen LogP contribution in [0.25, 0.3) is 0 Å². The van der Waals surface area contributed by atoms with Crippen molar-refractivity contribution >= 4 is 23.4 Å². The van der Waals surface area contributed by atoms with Crippen LogP contribution in [0.5, 0.6) is 11.5 Å². The molecule has 134 valence electrons. The second kappa shape index (κ2) is 8.30. The average Bonchev–Trinajstić information content (AvgIpc) is 2.57. The van der Waals surface area contributed by atoms with Crippen LogP contribution in [0.4, 0.5) is 5.69 Å². The Morgan fingerprint density at radius 1 is 1.00 bits per heavy atom. The first kappa shape index (κ1) is 19.2. The summed E-state index contributed by atoms with van der Waals surface area (Å²) in [5.74, 6) is 1.31. The Labute approximate surface area is 153 Å². The van der Waals surface area contributed by atoms with E-state index in [4.69, 9.17) is 9.47 Å². The van der Waals surface area contributed by atoms with Crippen LogP contribution in [-0.2, 0) is 4.79 Å². The smallest absolute Gasteiger partial charge is 0.237 e. The lowest BCUT2D eigenvalue weighted by Crippen LogP contribution is -2.23. The first-order valence-electron chi connectivity index (χ1n) is 8.13. The molecule has 1 N–H and O–H groups in total. The number of aryl methyl sites for hydroxylation is 3. The molecule has 1 atom stereocenters. The highest BCUT2D eigenvalue weighted by molar-refractivity contribution is 8.00. The number of carbonyl (C=O) groups excluding carboxylic acids is 1. The number of benzene rings is 2. The quantitative estimate of drug-likeness (QED) is 0.756. The van der Waals surface area contributed by atoms with Gasteiger partial charge in [0.2, 0.25) is 5.91 Å². The van der Waals surface area contributed by atoms with Gasteiger partial charge in [0.15, 0.2) is 11.5 Å². The summed E-state index contributed by atoms with van der Waals surface area (Å²) in [5, 5.41) is 2.82. The van der Waals surface area contributed by atoms with Crippen LogP contribution in [0, 0.1) is 20.8 Å². The molecule has 0 fully saturated rings. The fourth-order valence-corrected chi connectivity index (χ4v) is 3.65. The highest BCUT2D eigenvalue weighted by Gasteiger charge is 2.17. The standard InChI is InChI=1S/C20H25NO3S/c1-12-9-13(2)19(14(3)10-12)21-20(22)15(4)25-16-7-8-17(23-5)18(11-16)24-6/h7-11,15H,1-6H3,(H,21,22). The van der Waals surface area contributed by atoms with Gasteiger partial charge in [0.1, 0.15) is 0 Å². The van der Waals surface area contributed by atoms with Crippen molar-refractivity contribution < 1.29 is 14.3 Å². The van der Waals surface area contributed by atoms with Gasteiger partial charge in [0.05, 0.1) is 19.5 Å². The van der Waals surface area contributed by atoms with Gasteiger partial charge in [-0.2, -0.15) is 0 Å². The number of methoxy groups -OCH3 is 2. The fourth-order valence-electron chi connectivity index (χ4n) is 2.75. The van der Waals surface area contributed by atoms with Gasteiger partial charge in [-0.05, 0) is 57.0 Å². The van der Waals surface area contributed by atoms with Crippen molar-refractivity contribution in [2.24, 2.45) is 0 Å². The van der Waals surface area contributed by atoms with Gasteiger partial charge < -0.3 is 14.8 Å². The largest absolute Gasteiger partial charge is 0.493 e. The Balaban J connectivity index is 2.11. The normalized spacial score (nSPS) is 11.8. The Hall–Kier alpha value is -2.14. The summed E-state index contributed by atoms with van der Waals surface area (Å²) in [5.41, 5.74) is 4.25. The van der Waals surface area contributed by atoms with Crippen molar-refractivity contribution in [3.63, 3.8) is 0 Å². The zero-order chi connectivity index (χ0) is 18.6. The number of nitrogens with one attached hydrogen (secondary N) is 1. The number of ether oxygens (including phenoxy) is 2. The van der Waals surface area contributed by atoms with Gasteiger partial charge in [-0.1, -0.05) is 17.7 Å². The zero-order valence-corrected chi connectivity index (χ0v) is 16.4. The lowest BCUT2D eigenvalue weighted by Gasteiger charge is -2.17. The van der Waals surface area contributed by atoms with Crippen LogP contribution in [0.3, 0.4) is 0 Å². The molecule has 1 amide bonds. The molecule has 0 radical (unpaired) electrons. The van der Waals surface area contributed by atoms with Crippen molar-refractivity contribution in [3.8, 4) is 11.5 Å². The molecule has 2 rings (SSSR count). The molecule has 2 aromatic rings. The Bertz CT molecular complexity index is 751. The molecule has 0 saturated carbocycles. The second-order valence-electron chi connectivity index (χ2n) is 6.04. The molecule has 0 aliphatic heterocycles. The fraction of sp³-hybridized carbons (Fsp3) is 0.350. The summed E-state index contributed by atoms with van der Waals surface area (Å²) >= 11 is 1.49. The maximum atomic E-state index is 12.6. The number of carbonyl (C=O) groups is 1. The van der Waals surface area contributed by atoms with Gasteiger partial charge >= 0.3 is 0 Å². The summed E-state index contributed by atoms with van der Waals surface area (Å²) in [7, 11) is 3.21. The number of thioether (sulfide) groups is 1. The predicted molar refractivity (Wildman–Crippen MR) is 104 cm³/mol. The zero-order valence-electron chi connectivity index (χ0n) is 15.6. The number of rotatable bonds is 6. The van der Waals surface area contributed by atoms with E-state index in [1.807, 2.05) is 39.0 Å². The Morgan fingerprint density at radius 3 is 2.16 bits per heavy atom. The number of hydrogen-bond acceptors (Lipinski definition) is 4. The van der Waals surface area contributed by atoms with E-state index >= 15 is 0 Å². The minimum absolute atomic E-state index is 0.0187. The van der Waals surface area contributed by atoms with Crippen molar-refractivity contribution in [1.82, 2.24) is 0 Å². The molecule has 0 saturated heterocycles. The van der Waals surface area contributed by atoms with Crippen LogP contribution in [0.15, 0.2) is 35.2 Å². The molecule has 0 aromatic heterocycles. The minimum Gasteiger partial charge on any atom is -0.493 e. The molecule has 0 aliphatic rings. The van der Waals surface area contributed by atoms with E-state index in [2.05, 4.69) is 24.4 Å². The highest BCUT2D eigenvalue weighted by atomic mass is 32.2. The van der Waals surface area contributed by atoms with Crippen LogP contribution in [-0.4, -0.2) is 25.4 Å². The summed E-state index contributed by atoms with van der Waals surface area (Å²) in [6.07, 6.45) is 0. The van der Waals surface area contributed by atoms with Crippen molar-refractivity contribution in [2.75, 3.05) is 19.5 Å². The molecule has 2 aromatic carbocycles. The SMILES string of the molecule is COc1ccc(SC(C)C(=O)Nc2c(C)cc(C)cc2C)cc1OC. The molecule has 25 heavy (non-hydrogen) atoms. The maximum Gasteiger partial charge on any atom is 0.237 e. The van der Waals surface area contributed by atoms with E-state index < -0.39 is 0 Å². The van der Waals surface area contributed by atoms with E-state index in [0.717, 1.165) is 21.7 Å². The monoisotopic (exact) mass is 359 g/mol. The summed E-state index contributed by atoms with van der Waals surface area (Å²) in [4.78, 5) is 13.6. The van der Waals surface area contributed by atoms with Crippen molar-refractivity contribution in [2.45, 2.75) is 37.8 Å². The molecule has 1 unspecified atom stereocenters. The van der Waals surface area contributed by atoms with Crippen LogP contribution >= 0.6 is 11.8 Å².